The lowest BCUT2D eigenvalue weighted by Crippen LogP contribution is -2.30. The van der Waals surface area contributed by atoms with E-state index in [0.717, 1.165) is 48.1 Å². The summed E-state index contributed by atoms with van der Waals surface area (Å²) in [6.07, 6.45) is 12.3. The van der Waals surface area contributed by atoms with Gasteiger partial charge in [0.15, 0.2) is 11.5 Å². The fraction of sp³-hybridized carbons (Fsp3) is 0.341. The van der Waals surface area contributed by atoms with Crippen LogP contribution in [0.15, 0.2) is 91.3 Å². The molecule has 12 nitrogen and oxygen atoms in total. The number of nitrogens with zero attached hydrogens (tertiary/aromatic N) is 6. The van der Waals surface area contributed by atoms with Gasteiger partial charge in [0.05, 0.1) is 13.7 Å². The van der Waals surface area contributed by atoms with Crippen LogP contribution in [0.1, 0.15) is 54.1 Å². The summed E-state index contributed by atoms with van der Waals surface area (Å²) >= 11 is 0. The third-order valence-corrected chi connectivity index (χ3v) is 9.70. The summed E-state index contributed by atoms with van der Waals surface area (Å²) in [4.78, 5) is 39.3. The van der Waals surface area contributed by atoms with Crippen LogP contribution in [0.2, 0.25) is 0 Å². The van der Waals surface area contributed by atoms with Crippen LogP contribution >= 0.6 is 0 Å². The van der Waals surface area contributed by atoms with E-state index >= 15 is 0 Å². The van der Waals surface area contributed by atoms with Gasteiger partial charge in [-0.15, -0.1) is 0 Å². The molecule has 5 aromatic rings. The van der Waals surface area contributed by atoms with Crippen LogP contribution in [0.5, 0.6) is 17.2 Å². The molecule has 1 aliphatic carbocycles. The maximum absolute atomic E-state index is 13.0. The van der Waals surface area contributed by atoms with Crippen molar-refractivity contribution in [3.8, 4) is 17.2 Å². The number of rotatable bonds is 15. The van der Waals surface area contributed by atoms with Crippen molar-refractivity contribution in [3.05, 3.63) is 108 Å². The van der Waals surface area contributed by atoms with Crippen molar-refractivity contribution in [2.24, 2.45) is 0 Å². The average molecular weight is 715 g/mol. The number of nitrogens with one attached hydrogen (secondary N) is 2. The molecule has 4 heterocycles. The Bertz CT molecular complexity index is 2070. The number of hydrogen-bond acceptors (Lipinski definition) is 9. The van der Waals surface area contributed by atoms with Gasteiger partial charge in [-0.05, 0) is 92.4 Å². The highest BCUT2D eigenvalue weighted by atomic mass is 16.5. The van der Waals surface area contributed by atoms with E-state index in [4.69, 9.17) is 19.6 Å². The van der Waals surface area contributed by atoms with E-state index in [1.54, 1.807) is 49.8 Å². The summed E-state index contributed by atoms with van der Waals surface area (Å²) in [6.45, 7) is 4.60. The number of methoxy groups -OCH3 is 1. The zero-order valence-electron chi connectivity index (χ0n) is 30.5. The van der Waals surface area contributed by atoms with Crippen molar-refractivity contribution in [2.75, 3.05) is 44.4 Å². The quantitative estimate of drug-likeness (QED) is 0.116. The molecule has 2 fully saturated rings. The molecule has 1 aliphatic heterocycles. The number of fused-ring (bicyclic) bond motifs is 1. The van der Waals surface area contributed by atoms with Crippen molar-refractivity contribution < 1.29 is 19.1 Å². The Labute approximate surface area is 309 Å². The molecule has 2 aliphatic rings. The number of amides is 2. The van der Waals surface area contributed by atoms with Gasteiger partial charge < -0.3 is 25.0 Å². The number of pyridine rings is 2. The number of carbonyl (C=O) groups is 2. The van der Waals surface area contributed by atoms with E-state index in [0.29, 0.717) is 60.0 Å². The molecule has 1 atom stereocenters. The molecule has 0 spiro atoms. The van der Waals surface area contributed by atoms with Crippen molar-refractivity contribution in [1.29, 1.82) is 0 Å². The van der Waals surface area contributed by atoms with Crippen molar-refractivity contribution in [2.45, 2.75) is 57.7 Å². The van der Waals surface area contributed by atoms with Gasteiger partial charge in [0.2, 0.25) is 5.91 Å². The molecule has 2 aromatic carbocycles. The van der Waals surface area contributed by atoms with Crippen molar-refractivity contribution in [3.63, 3.8) is 0 Å². The maximum Gasteiger partial charge on any atom is 0.256 e. The van der Waals surface area contributed by atoms with Gasteiger partial charge in [-0.25, -0.2) is 14.6 Å². The molecule has 3 aromatic heterocycles. The molecule has 0 radical (unpaired) electrons. The summed E-state index contributed by atoms with van der Waals surface area (Å²) in [5.41, 5.74) is 3.31. The normalized spacial score (nSPS) is 15.7. The van der Waals surface area contributed by atoms with Gasteiger partial charge >= 0.3 is 0 Å². The molecule has 1 unspecified atom stereocenters. The number of anilines is 2. The molecule has 7 rings (SSSR count). The second kappa shape index (κ2) is 16.3. The van der Waals surface area contributed by atoms with Crippen LogP contribution in [0.4, 0.5) is 11.6 Å². The summed E-state index contributed by atoms with van der Waals surface area (Å²) in [6, 6.07) is 21.2. The van der Waals surface area contributed by atoms with Gasteiger partial charge in [0, 0.05) is 61.8 Å². The number of ether oxygens (including phenoxy) is 2. The number of benzene rings is 2. The molecule has 12 heteroatoms. The third kappa shape index (κ3) is 8.83. The predicted molar refractivity (Wildman–Crippen MR) is 206 cm³/mol. The fourth-order valence-corrected chi connectivity index (χ4v) is 6.61. The van der Waals surface area contributed by atoms with E-state index in [2.05, 4.69) is 34.5 Å². The summed E-state index contributed by atoms with van der Waals surface area (Å²) in [5.74, 6) is 2.84. The molecule has 1 saturated heterocycles. The second-order valence-electron chi connectivity index (χ2n) is 13.7. The smallest absolute Gasteiger partial charge is 0.256 e. The summed E-state index contributed by atoms with van der Waals surface area (Å²) < 4.78 is 13.7. The lowest BCUT2D eigenvalue weighted by Gasteiger charge is -2.16. The minimum absolute atomic E-state index is 0.00275. The van der Waals surface area contributed by atoms with Gasteiger partial charge in [-0.1, -0.05) is 31.6 Å². The summed E-state index contributed by atoms with van der Waals surface area (Å²) in [5, 5.41) is 12.2. The van der Waals surface area contributed by atoms with Crippen LogP contribution in [0.25, 0.3) is 11.0 Å². The van der Waals surface area contributed by atoms with E-state index < -0.39 is 0 Å². The number of likely N-dealkylation sites (tertiary alicyclic amines) is 1. The Hall–Kier alpha value is -5.75. The molecule has 274 valence electrons. The van der Waals surface area contributed by atoms with E-state index in [1.165, 1.54) is 12.8 Å². The zero-order valence-corrected chi connectivity index (χ0v) is 30.5. The van der Waals surface area contributed by atoms with E-state index in [9.17, 15) is 9.59 Å². The Morgan fingerprint density at radius 3 is 2.49 bits per heavy atom. The van der Waals surface area contributed by atoms with Gasteiger partial charge in [-0.2, -0.15) is 5.10 Å². The van der Waals surface area contributed by atoms with Crippen LogP contribution in [0, 0.1) is 0 Å². The predicted octanol–water partition coefficient (Wildman–Crippen LogP) is 6.54. The molecular formula is C41H46N8O4. The number of carbonyl (C=O) groups excluding carboxylic acids is 2. The van der Waals surface area contributed by atoms with Crippen molar-refractivity contribution >= 4 is 34.5 Å². The molecule has 2 N–H and O–H groups in total. The maximum atomic E-state index is 13.0. The monoisotopic (exact) mass is 714 g/mol. The standard InChI is InChI=1S/C41H46N8O4/c1-4-6-28-18-21-42-36(25-28)45-41(51)30-10-16-34(17-11-30)53-35-19-22-43-40-38(35)39(46-49(40)26-29-8-14-33(52-3)15-9-29)44-31-20-24-48(27-31)37(50)7-5-23-47(2)32-12-13-32/h5,7-11,14-19,21-22,25,31-32H,4,6,12-13,20,23-24,26-27H2,1-3H3,(H,44,46)(H,42,45,51). The first-order valence-electron chi connectivity index (χ1n) is 18.3. The van der Waals surface area contributed by atoms with Crippen LogP contribution in [-0.4, -0.2) is 87.2 Å². The third-order valence-electron chi connectivity index (χ3n) is 9.70. The van der Waals surface area contributed by atoms with Crippen LogP contribution < -0.4 is 20.1 Å². The Kier molecular flexibility index (Phi) is 11.0. The lowest BCUT2D eigenvalue weighted by atomic mass is 10.1. The Balaban J connectivity index is 1.09. The first-order chi connectivity index (χ1) is 25.9. The molecule has 2 amide bonds. The Morgan fingerprint density at radius 1 is 0.962 bits per heavy atom. The molecule has 1 saturated carbocycles. The average Bonchev–Trinajstić information content (AvgIpc) is 3.83. The molecule has 53 heavy (non-hydrogen) atoms. The van der Waals surface area contributed by atoms with Gasteiger partial charge in [0.1, 0.15) is 28.5 Å². The van der Waals surface area contributed by atoms with Crippen molar-refractivity contribution in [1.82, 2.24) is 29.5 Å². The van der Waals surface area contributed by atoms with Gasteiger partial charge in [0.25, 0.3) is 5.91 Å². The highest BCUT2D eigenvalue weighted by molar-refractivity contribution is 6.03. The Morgan fingerprint density at radius 2 is 1.74 bits per heavy atom. The highest BCUT2D eigenvalue weighted by Gasteiger charge is 2.28. The first-order valence-corrected chi connectivity index (χ1v) is 18.3. The first kappa shape index (κ1) is 35.6. The zero-order chi connectivity index (χ0) is 36.7. The number of likely N-dealkylation sites (N-methyl/N-ethyl adjacent to an activating group) is 1. The van der Waals surface area contributed by atoms with Crippen LogP contribution in [-0.2, 0) is 17.8 Å². The topological polar surface area (TPSA) is 127 Å². The lowest BCUT2D eigenvalue weighted by molar-refractivity contribution is -0.125. The number of aromatic nitrogens is 4. The van der Waals surface area contributed by atoms with E-state index in [-0.39, 0.29) is 17.9 Å². The van der Waals surface area contributed by atoms with E-state index in [1.807, 2.05) is 58.1 Å². The number of hydrogen-bond donors (Lipinski definition) is 2. The number of aryl methyl sites for hydroxylation is 1. The molecular weight excluding hydrogens is 669 g/mol. The minimum atomic E-state index is -0.250. The SMILES string of the molecule is CCCc1ccnc(NC(=O)c2ccc(Oc3ccnc4c3c(NC3CCN(C(=O)C=CCN(C)C5CC5)C3)nn4Cc3ccc(OC)cc3)cc2)c1. The summed E-state index contributed by atoms with van der Waals surface area (Å²) in [7, 11) is 3.75. The fourth-order valence-electron chi connectivity index (χ4n) is 6.61. The van der Waals surface area contributed by atoms with Crippen LogP contribution in [0.3, 0.4) is 0 Å². The van der Waals surface area contributed by atoms with Gasteiger partial charge in [-0.3, -0.25) is 14.5 Å². The minimum Gasteiger partial charge on any atom is -0.497 e. The second-order valence-corrected chi connectivity index (χ2v) is 13.7. The molecule has 0 bridgehead atoms. The largest absolute Gasteiger partial charge is 0.497 e. The highest BCUT2D eigenvalue weighted by Crippen LogP contribution is 2.35.